The third kappa shape index (κ3) is 4.52. The summed E-state index contributed by atoms with van der Waals surface area (Å²) in [6.07, 6.45) is 0. The Morgan fingerprint density at radius 2 is 1.45 bits per heavy atom. The number of nitrogens with zero attached hydrogens (tertiary/aromatic N) is 1. The average Bonchev–Trinajstić information content (AvgIpc) is 3.01. The van der Waals surface area contributed by atoms with Crippen molar-refractivity contribution in [3.8, 4) is 0 Å². The van der Waals surface area contributed by atoms with Crippen molar-refractivity contribution in [2.24, 2.45) is 0 Å². The van der Waals surface area contributed by atoms with E-state index in [0.717, 1.165) is 0 Å². The van der Waals surface area contributed by atoms with E-state index in [4.69, 9.17) is 4.52 Å². The number of nitrogens with one attached hydrogen (secondary N) is 2. The average molecular weight is 413 g/mol. The smallest absolute Gasteiger partial charge is 0.267 e. The normalized spacial score (nSPS) is 11.1. The molecular formula is C20H19N3O5S. The first-order valence-corrected chi connectivity index (χ1v) is 10.1. The van der Waals surface area contributed by atoms with E-state index in [-0.39, 0.29) is 28.0 Å². The second-order valence-electron chi connectivity index (χ2n) is 6.42. The van der Waals surface area contributed by atoms with Gasteiger partial charge in [-0.2, -0.15) is 0 Å². The van der Waals surface area contributed by atoms with Crippen molar-refractivity contribution in [3.05, 3.63) is 71.1 Å². The molecule has 1 amide bonds. The molecule has 0 bridgehead atoms. The highest BCUT2D eigenvalue weighted by molar-refractivity contribution is 7.92. The van der Waals surface area contributed by atoms with E-state index in [1.165, 1.54) is 38.1 Å². The van der Waals surface area contributed by atoms with Gasteiger partial charge in [0.1, 0.15) is 5.69 Å². The van der Waals surface area contributed by atoms with Crippen LogP contribution in [0.1, 0.15) is 39.1 Å². The van der Waals surface area contributed by atoms with E-state index in [1.54, 1.807) is 31.2 Å². The minimum Gasteiger partial charge on any atom is -0.360 e. The Hall–Kier alpha value is -3.46. The molecule has 0 saturated carbocycles. The summed E-state index contributed by atoms with van der Waals surface area (Å²) in [5.41, 5.74) is 2.01. The summed E-state index contributed by atoms with van der Waals surface area (Å²) in [7, 11) is -3.86. The Labute approximate surface area is 168 Å². The zero-order valence-electron chi connectivity index (χ0n) is 16.0. The molecule has 0 aliphatic rings. The number of amides is 1. The van der Waals surface area contributed by atoms with Crippen LogP contribution in [-0.4, -0.2) is 25.3 Å². The second kappa shape index (κ2) is 7.88. The van der Waals surface area contributed by atoms with E-state index in [2.05, 4.69) is 15.2 Å². The number of rotatable bonds is 6. The number of hydrogen-bond donors (Lipinski definition) is 2. The van der Waals surface area contributed by atoms with Crippen LogP contribution in [0, 0.1) is 13.8 Å². The van der Waals surface area contributed by atoms with Gasteiger partial charge < -0.3 is 9.84 Å². The Morgan fingerprint density at radius 1 is 0.897 bits per heavy atom. The molecule has 0 saturated heterocycles. The van der Waals surface area contributed by atoms with Gasteiger partial charge in [-0.15, -0.1) is 0 Å². The number of anilines is 2. The molecule has 1 heterocycles. The number of Topliss-reactive ketones (excluding diaryl/α,β-unsaturated/α-hetero) is 1. The summed E-state index contributed by atoms with van der Waals surface area (Å²) >= 11 is 0. The van der Waals surface area contributed by atoms with Gasteiger partial charge >= 0.3 is 0 Å². The molecule has 9 heteroatoms. The fraction of sp³-hybridized carbons (Fsp3) is 0.150. The number of carbonyl (C=O) groups is 2. The van der Waals surface area contributed by atoms with Crippen molar-refractivity contribution in [3.63, 3.8) is 0 Å². The molecule has 0 atom stereocenters. The van der Waals surface area contributed by atoms with Gasteiger partial charge in [-0.25, -0.2) is 8.42 Å². The van der Waals surface area contributed by atoms with Gasteiger partial charge in [0.05, 0.1) is 0 Å². The fourth-order valence-corrected chi connectivity index (χ4v) is 4.14. The molecule has 2 N–H and O–H groups in total. The fourth-order valence-electron chi connectivity index (χ4n) is 2.75. The molecule has 0 radical (unpaired) electrons. The summed E-state index contributed by atoms with van der Waals surface area (Å²) in [5.74, 6) is -0.222. The molecule has 3 rings (SSSR count). The maximum atomic E-state index is 12.5. The molecule has 3 aromatic rings. The summed E-state index contributed by atoms with van der Waals surface area (Å²) in [6, 6.07) is 12.5. The lowest BCUT2D eigenvalue weighted by atomic mass is 10.1. The van der Waals surface area contributed by atoms with Crippen LogP contribution in [0.2, 0.25) is 0 Å². The first-order chi connectivity index (χ1) is 13.7. The predicted octanol–water partition coefficient (Wildman–Crippen LogP) is 3.55. The van der Waals surface area contributed by atoms with E-state index in [9.17, 15) is 18.0 Å². The third-order valence-corrected chi connectivity index (χ3v) is 5.81. The van der Waals surface area contributed by atoms with Crippen molar-refractivity contribution in [2.75, 3.05) is 10.0 Å². The highest BCUT2D eigenvalue weighted by Gasteiger charge is 2.24. The molecule has 29 heavy (non-hydrogen) atoms. The number of ketones is 1. The first kappa shape index (κ1) is 20.3. The minimum absolute atomic E-state index is 0.00618. The Morgan fingerprint density at radius 3 is 1.97 bits per heavy atom. The number of aromatic nitrogens is 1. The van der Waals surface area contributed by atoms with Crippen LogP contribution in [0.15, 0.2) is 57.9 Å². The zero-order valence-corrected chi connectivity index (χ0v) is 16.8. The lowest BCUT2D eigenvalue weighted by Crippen LogP contribution is -2.15. The number of benzene rings is 2. The SMILES string of the molecule is CC(=O)c1ccc(NC(=O)c2ccc(NS(=O)(=O)c3c(C)noc3C)cc2)cc1. The van der Waals surface area contributed by atoms with Crippen LogP contribution in [0.25, 0.3) is 0 Å². The Bertz CT molecular complexity index is 1140. The largest absolute Gasteiger partial charge is 0.360 e. The van der Waals surface area contributed by atoms with Crippen molar-refractivity contribution < 1.29 is 22.5 Å². The number of carbonyl (C=O) groups excluding carboxylic acids is 2. The Balaban J connectivity index is 1.71. The molecule has 150 valence electrons. The van der Waals surface area contributed by atoms with Gasteiger partial charge in [-0.05, 0) is 69.3 Å². The van der Waals surface area contributed by atoms with Crippen LogP contribution in [0.4, 0.5) is 11.4 Å². The van der Waals surface area contributed by atoms with E-state index >= 15 is 0 Å². The van der Waals surface area contributed by atoms with Gasteiger partial charge in [0, 0.05) is 22.5 Å². The third-order valence-electron chi connectivity index (χ3n) is 4.19. The summed E-state index contributed by atoms with van der Waals surface area (Å²) in [4.78, 5) is 23.7. The molecular weight excluding hydrogens is 394 g/mol. The quantitative estimate of drug-likeness (QED) is 0.597. The minimum atomic E-state index is -3.86. The Kier molecular flexibility index (Phi) is 5.51. The number of sulfonamides is 1. The van der Waals surface area contributed by atoms with Gasteiger partial charge in [-0.3, -0.25) is 14.3 Å². The summed E-state index contributed by atoms with van der Waals surface area (Å²) < 4.78 is 32.4. The van der Waals surface area contributed by atoms with Crippen LogP contribution < -0.4 is 10.0 Å². The van der Waals surface area contributed by atoms with Crippen molar-refractivity contribution in [2.45, 2.75) is 25.7 Å². The lowest BCUT2D eigenvalue weighted by Gasteiger charge is -2.09. The van der Waals surface area contributed by atoms with Crippen molar-refractivity contribution in [1.29, 1.82) is 0 Å². The molecule has 1 aromatic heterocycles. The zero-order chi connectivity index (χ0) is 21.2. The van der Waals surface area contributed by atoms with Crippen LogP contribution in [-0.2, 0) is 10.0 Å². The number of hydrogen-bond acceptors (Lipinski definition) is 6. The molecule has 2 aromatic carbocycles. The highest BCUT2D eigenvalue weighted by Crippen LogP contribution is 2.22. The maximum Gasteiger partial charge on any atom is 0.267 e. The maximum absolute atomic E-state index is 12.5. The van der Waals surface area contributed by atoms with Gasteiger partial charge in [0.2, 0.25) is 0 Å². The van der Waals surface area contributed by atoms with E-state index in [1.807, 2.05) is 0 Å². The van der Waals surface area contributed by atoms with Crippen LogP contribution >= 0.6 is 0 Å². The molecule has 0 unspecified atom stereocenters. The molecule has 0 aliphatic heterocycles. The standard InChI is InChI=1S/C20H19N3O5S/c1-12-19(14(3)28-22-12)29(26,27)23-18-10-6-16(7-11-18)20(25)21-17-8-4-15(5-9-17)13(2)24/h4-11,23H,1-3H3,(H,21,25). The van der Waals surface area contributed by atoms with E-state index < -0.39 is 10.0 Å². The van der Waals surface area contributed by atoms with Crippen molar-refractivity contribution >= 4 is 33.1 Å². The molecule has 0 fully saturated rings. The van der Waals surface area contributed by atoms with Crippen molar-refractivity contribution in [1.82, 2.24) is 5.16 Å². The highest BCUT2D eigenvalue weighted by atomic mass is 32.2. The molecule has 0 spiro atoms. The van der Waals surface area contributed by atoms with Gasteiger partial charge in [-0.1, -0.05) is 5.16 Å². The number of aryl methyl sites for hydroxylation is 2. The van der Waals surface area contributed by atoms with Gasteiger partial charge in [0.25, 0.3) is 15.9 Å². The second-order valence-corrected chi connectivity index (χ2v) is 8.04. The molecule has 8 nitrogen and oxygen atoms in total. The van der Waals surface area contributed by atoms with E-state index in [0.29, 0.717) is 22.5 Å². The lowest BCUT2D eigenvalue weighted by molar-refractivity contribution is 0.101. The van der Waals surface area contributed by atoms with Crippen LogP contribution in [0.3, 0.4) is 0 Å². The summed E-state index contributed by atoms with van der Waals surface area (Å²) in [5, 5.41) is 6.37. The molecule has 0 aliphatic carbocycles. The predicted molar refractivity (Wildman–Crippen MR) is 108 cm³/mol. The first-order valence-electron chi connectivity index (χ1n) is 8.65. The van der Waals surface area contributed by atoms with Gasteiger partial charge in [0.15, 0.2) is 16.4 Å². The van der Waals surface area contributed by atoms with Crippen LogP contribution in [0.5, 0.6) is 0 Å². The topological polar surface area (TPSA) is 118 Å². The monoisotopic (exact) mass is 413 g/mol. The summed E-state index contributed by atoms with van der Waals surface area (Å²) in [6.45, 7) is 4.53.